The minimum Gasteiger partial charge on any atom is -0.478 e. The first-order chi connectivity index (χ1) is 9.58. The predicted octanol–water partition coefficient (Wildman–Crippen LogP) is 3.58. The molecule has 0 aromatic heterocycles. The van der Waals surface area contributed by atoms with Crippen LogP contribution in [-0.4, -0.2) is 33.6 Å². The van der Waals surface area contributed by atoms with Gasteiger partial charge in [-0.15, -0.1) is 0 Å². The highest BCUT2D eigenvalue weighted by molar-refractivity contribution is 6.54. The minimum atomic E-state index is -2.04. The SMILES string of the molecule is CCCCO[SiH](OCCCC)C(CCC)=C(C)C(=O)O. The van der Waals surface area contributed by atoms with Crippen LogP contribution in [0.25, 0.3) is 0 Å². The van der Waals surface area contributed by atoms with Gasteiger partial charge in [-0.25, -0.2) is 4.79 Å². The molecule has 0 aliphatic rings. The van der Waals surface area contributed by atoms with E-state index < -0.39 is 15.3 Å². The van der Waals surface area contributed by atoms with Crippen LogP contribution in [0.1, 0.15) is 66.2 Å². The van der Waals surface area contributed by atoms with Crippen LogP contribution >= 0.6 is 0 Å². The highest BCUT2D eigenvalue weighted by atomic mass is 28.3. The molecule has 118 valence electrons. The minimum absolute atomic E-state index is 0.413. The Kier molecular flexibility index (Phi) is 11.7. The van der Waals surface area contributed by atoms with Gasteiger partial charge in [0.05, 0.1) is 0 Å². The number of carboxylic acid groups (broad SMARTS) is 1. The summed E-state index contributed by atoms with van der Waals surface area (Å²) in [7, 11) is -2.04. The van der Waals surface area contributed by atoms with Crippen LogP contribution in [-0.2, 0) is 13.6 Å². The van der Waals surface area contributed by atoms with Gasteiger partial charge in [-0.2, -0.15) is 0 Å². The second kappa shape index (κ2) is 12.1. The van der Waals surface area contributed by atoms with E-state index in [0.717, 1.165) is 43.7 Å². The van der Waals surface area contributed by atoms with Gasteiger partial charge in [-0.3, -0.25) is 0 Å². The zero-order chi connectivity index (χ0) is 15.4. The Bertz CT molecular complexity index is 292. The summed E-state index contributed by atoms with van der Waals surface area (Å²) in [5.41, 5.74) is 0.413. The van der Waals surface area contributed by atoms with Gasteiger partial charge in [0.2, 0.25) is 0 Å². The predicted molar refractivity (Wildman–Crippen MR) is 84.1 cm³/mol. The smallest absolute Gasteiger partial charge is 0.352 e. The number of rotatable bonds is 12. The van der Waals surface area contributed by atoms with E-state index in [2.05, 4.69) is 20.8 Å². The van der Waals surface area contributed by atoms with Crippen molar-refractivity contribution < 1.29 is 18.8 Å². The van der Waals surface area contributed by atoms with Gasteiger partial charge in [-0.1, -0.05) is 40.0 Å². The van der Waals surface area contributed by atoms with E-state index in [-0.39, 0.29) is 0 Å². The second-order valence-corrected chi connectivity index (χ2v) is 7.01. The number of hydrogen-bond donors (Lipinski definition) is 1. The van der Waals surface area contributed by atoms with Crippen molar-refractivity contribution in [3.8, 4) is 0 Å². The van der Waals surface area contributed by atoms with Gasteiger partial charge in [0.25, 0.3) is 0 Å². The number of allylic oxidation sites excluding steroid dienone is 1. The fourth-order valence-electron chi connectivity index (χ4n) is 1.81. The molecule has 0 aliphatic carbocycles. The molecule has 0 aromatic rings. The molecule has 0 bridgehead atoms. The van der Waals surface area contributed by atoms with Crippen molar-refractivity contribution in [3.05, 3.63) is 10.8 Å². The van der Waals surface area contributed by atoms with Crippen LogP contribution in [0.3, 0.4) is 0 Å². The first-order valence-corrected chi connectivity index (χ1v) is 9.26. The maximum Gasteiger partial charge on any atom is 0.352 e. The lowest BCUT2D eigenvalue weighted by atomic mass is 10.2. The molecule has 0 fully saturated rings. The van der Waals surface area contributed by atoms with Crippen LogP contribution < -0.4 is 0 Å². The highest BCUT2D eigenvalue weighted by Gasteiger charge is 2.23. The van der Waals surface area contributed by atoms with E-state index in [9.17, 15) is 9.90 Å². The normalized spacial score (nSPS) is 12.7. The third-order valence-corrected chi connectivity index (χ3v) is 5.51. The Hall–Kier alpha value is -0.653. The maximum absolute atomic E-state index is 11.2. The van der Waals surface area contributed by atoms with Crippen molar-refractivity contribution in [2.24, 2.45) is 0 Å². The third-order valence-electron chi connectivity index (χ3n) is 3.14. The molecule has 0 radical (unpaired) electrons. The zero-order valence-corrected chi connectivity index (χ0v) is 14.6. The number of carbonyl (C=O) groups is 1. The Morgan fingerprint density at radius 2 is 1.50 bits per heavy atom. The first-order valence-electron chi connectivity index (χ1n) is 7.74. The number of carboxylic acids is 1. The van der Waals surface area contributed by atoms with Crippen molar-refractivity contribution in [2.75, 3.05) is 13.2 Å². The lowest BCUT2D eigenvalue weighted by Crippen LogP contribution is -2.29. The van der Waals surface area contributed by atoms with Crippen molar-refractivity contribution in [2.45, 2.75) is 66.2 Å². The summed E-state index contributed by atoms with van der Waals surface area (Å²) in [6.45, 7) is 9.28. The number of hydrogen-bond acceptors (Lipinski definition) is 3. The van der Waals surface area contributed by atoms with E-state index >= 15 is 0 Å². The molecule has 20 heavy (non-hydrogen) atoms. The molecule has 0 heterocycles. The van der Waals surface area contributed by atoms with Crippen molar-refractivity contribution >= 4 is 15.3 Å². The lowest BCUT2D eigenvalue weighted by Gasteiger charge is -2.21. The van der Waals surface area contributed by atoms with Crippen molar-refractivity contribution in [1.82, 2.24) is 0 Å². The summed E-state index contributed by atoms with van der Waals surface area (Å²) >= 11 is 0. The molecule has 0 amide bonds. The van der Waals surface area contributed by atoms with Gasteiger partial charge in [0.15, 0.2) is 0 Å². The fourth-order valence-corrected chi connectivity index (χ4v) is 4.07. The van der Waals surface area contributed by atoms with Crippen molar-refractivity contribution in [3.63, 3.8) is 0 Å². The zero-order valence-electron chi connectivity index (χ0n) is 13.4. The molecule has 0 unspecified atom stereocenters. The first kappa shape index (κ1) is 19.3. The second-order valence-electron chi connectivity index (χ2n) is 4.99. The van der Waals surface area contributed by atoms with Gasteiger partial charge in [-0.05, 0) is 31.4 Å². The van der Waals surface area contributed by atoms with E-state index in [1.165, 1.54) is 0 Å². The van der Waals surface area contributed by atoms with Crippen LogP contribution in [0, 0.1) is 0 Å². The summed E-state index contributed by atoms with van der Waals surface area (Å²) in [5.74, 6) is -0.857. The third kappa shape index (κ3) is 7.82. The Morgan fingerprint density at radius 3 is 1.85 bits per heavy atom. The van der Waals surface area contributed by atoms with E-state index in [0.29, 0.717) is 18.8 Å². The molecule has 0 aliphatic heterocycles. The summed E-state index contributed by atoms with van der Waals surface area (Å²) in [5, 5.41) is 10.1. The molecule has 0 saturated carbocycles. The molecule has 0 saturated heterocycles. The van der Waals surface area contributed by atoms with Crippen LogP contribution in [0.5, 0.6) is 0 Å². The summed E-state index contributed by atoms with van der Waals surface area (Å²) in [4.78, 5) is 11.2. The average molecular weight is 302 g/mol. The van der Waals surface area contributed by atoms with Crippen LogP contribution in [0.2, 0.25) is 0 Å². The fraction of sp³-hybridized carbons (Fsp3) is 0.800. The van der Waals surface area contributed by atoms with Crippen LogP contribution in [0.4, 0.5) is 0 Å². The molecule has 4 nitrogen and oxygen atoms in total. The number of aliphatic carboxylic acids is 1. The van der Waals surface area contributed by atoms with Gasteiger partial charge in [0.1, 0.15) is 0 Å². The molecule has 0 rings (SSSR count). The molecule has 0 atom stereocenters. The van der Waals surface area contributed by atoms with Crippen molar-refractivity contribution in [1.29, 1.82) is 0 Å². The van der Waals surface area contributed by atoms with Gasteiger partial charge in [0, 0.05) is 18.8 Å². The van der Waals surface area contributed by atoms with Crippen LogP contribution in [0.15, 0.2) is 10.8 Å². The topological polar surface area (TPSA) is 55.8 Å². The maximum atomic E-state index is 11.2. The monoisotopic (exact) mass is 302 g/mol. The molecule has 1 N–H and O–H groups in total. The van der Waals surface area contributed by atoms with E-state index in [1.54, 1.807) is 6.92 Å². The standard InChI is InChI=1S/C15H30O4Si/c1-5-8-11-18-20(19-12-9-6-2)14(10-7-3)13(4)15(16)17/h20H,5-12H2,1-4H3,(H,16,17). The largest absolute Gasteiger partial charge is 0.478 e. The summed E-state index contributed by atoms with van der Waals surface area (Å²) in [6.07, 6.45) is 5.80. The molecule has 5 heteroatoms. The number of unbranched alkanes of at least 4 members (excludes halogenated alkanes) is 2. The molecular formula is C15H30O4Si. The van der Waals surface area contributed by atoms with Gasteiger partial charge < -0.3 is 14.0 Å². The molecule has 0 spiro atoms. The Balaban J connectivity index is 4.88. The Morgan fingerprint density at radius 1 is 1.00 bits per heavy atom. The quantitative estimate of drug-likeness (QED) is 0.340. The van der Waals surface area contributed by atoms with E-state index in [4.69, 9.17) is 8.85 Å². The highest BCUT2D eigenvalue weighted by Crippen LogP contribution is 2.18. The Labute approximate surface area is 125 Å². The van der Waals surface area contributed by atoms with E-state index in [1.807, 2.05) is 0 Å². The van der Waals surface area contributed by atoms with Gasteiger partial charge >= 0.3 is 15.3 Å². The molecule has 0 aromatic carbocycles. The summed E-state index contributed by atoms with van der Waals surface area (Å²) in [6, 6.07) is 0. The lowest BCUT2D eigenvalue weighted by molar-refractivity contribution is -0.132. The average Bonchev–Trinajstić information content (AvgIpc) is 2.43. The summed E-state index contributed by atoms with van der Waals surface area (Å²) < 4.78 is 11.8. The molecular weight excluding hydrogens is 272 g/mol.